The second kappa shape index (κ2) is 5.13. The van der Waals surface area contributed by atoms with Gasteiger partial charge in [-0.05, 0) is 22.8 Å². The quantitative estimate of drug-likeness (QED) is 0.633. The van der Waals surface area contributed by atoms with Crippen LogP contribution in [0.5, 0.6) is 0 Å². The number of rotatable bonds is 3. The van der Waals surface area contributed by atoms with Crippen LogP contribution < -0.4 is 0 Å². The van der Waals surface area contributed by atoms with Gasteiger partial charge in [0.05, 0.1) is 0 Å². The van der Waals surface area contributed by atoms with Gasteiger partial charge in [-0.15, -0.1) is 0 Å². The monoisotopic (exact) mass is 225 g/mol. The van der Waals surface area contributed by atoms with Crippen LogP contribution in [0.15, 0.2) is 54.4 Å². The summed E-state index contributed by atoms with van der Waals surface area (Å²) >= 11 is 0. The molecule has 0 amide bonds. The molecule has 0 fully saturated rings. The van der Waals surface area contributed by atoms with Crippen LogP contribution in [0, 0.1) is 5.39 Å². The Morgan fingerprint density at radius 1 is 1.18 bits per heavy atom. The van der Waals surface area contributed by atoms with Crippen molar-refractivity contribution < 1.29 is 5.11 Å². The molecular weight excluding hydrogens is 212 g/mol. The van der Waals surface area contributed by atoms with Crippen LogP contribution >= 0.6 is 0 Å². The summed E-state index contributed by atoms with van der Waals surface area (Å²) in [6, 6.07) is 14.4. The molecule has 0 unspecified atom stereocenters. The van der Waals surface area contributed by atoms with Crippen LogP contribution in [0.4, 0.5) is 0 Å². The molecule has 0 heterocycles. The lowest BCUT2D eigenvalue weighted by atomic mass is 10.0. The van der Waals surface area contributed by atoms with E-state index in [9.17, 15) is 5.11 Å². The third-order valence-corrected chi connectivity index (χ3v) is 2.69. The largest absolute Gasteiger partial charge is 0.505 e. The number of hydrogen-bond donors (Lipinski definition) is 1. The molecule has 0 atom stereocenters. The molecule has 0 aliphatic heterocycles. The first-order chi connectivity index (χ1) is 8.29. The van der Waals surface area contributed by atoms with E-state index in [1.54, 1.807) is 0 Å². The summed E-state index contributed by atoms with van der Waals surface area (Å²) in [5.41, 5.74) is 1.15. The van der Waals surface area contributed by atoms with Gasteiger partial charge in [-0.1, -0.05) is 42.5 Å². The number of fused-ring (bicyclic) bond motifs is 1. The van der Waals surface area contributed by atoms with Crippen LogP contribution in [0.3, 0.4) is 0 Å². The van der Waals surface area contributed by atoms with E-state index in [0.29, 0.717) is 6.42 Å². The highest BCUT2D eigenvalue weighted by Gasteiger charge is 2.02. The summed E-state index contributed by atoms with van der Waals surface area (Å²) in [5, 5.41) is 20.0. The summed E-state index contributed by atoms with van der Waals surface area (Å²) in [4.78, 5) is 2.79. The van der Waals surface area contributed by atoms with E-state index in [1.807, 2.05) is 18.2 Å². The lowest BCUT2D eigenvalue weighted by Crippen LogP contribution is -1.88. The zero-order chi connectivity index (χ0) is 12.1. The van der Waals surface area contributed by atoms with Gasteiger partial charge in [0.2, 0.25) is 5.39 Å². The van der Waals surface area contributed by atoms with E-state index >= 15 is 0 Å². The fraction of sp³-hybridized carbons (Fsp3) is 0.143. The zero-order valence-corrected chi connectivity index (χ0v) is 9.37. The third kappa shape index (κ3) is 2.82. The van der Waals surface area contributed by atoms with Crippen molar-refractivity contribution in [2.75, 3.05) is 0 Å². The van der Waals surface area contributed by atoms with Gasteiger partial charge in [-0.3, -0.25) is 0 Å². The van der Waals surface area contributed by atoms with Crippen molar-refractivity contribution in [3.8, 4) is 0 Å². The number of aryl methyl sites for hydroxylation is 1. The number of allylic oxidation sites excluding steroid dienone is 1. The molecule has 0 aromatic heterocycles. The highest BCUT2D eigenvalue weighted by molar-refractivity contribution is 5.82. The van der Waals surface area contributed by atoms with Crippen LogP contribution in [0.25, 0.3) is 15.7 Å². The van der Waals surface area contributed by atoms with Crippen LogP contribution in [-0.4, -0.2) is 5.11 Å². The van der Waals surface area contributed by atoms with Crippen molar-refractivity contribution in [1.29, 1.82) is 5.39 Å². The summed E-state index contributed by atoms with van der Waals surface area (Å²) in [5.74, 6) is 0.0839. The lowest BCUT2D eigenvalue weighted by Gasteiger charge is -2.02. The molecule has 0 spiro atoms. The Bertz CT molecular complexity index is 596. The minimum atomic E-state index is 0.0839. The van der Waals surface area contributed by atoms with Crippen molar-refractivity contribution >= 4 is 10.8 Å². The average Bonchev–Trinajstić information content (AvgIpc) is 2.36. The molecule has 0 bridgehead atoms. The average molecular weight is 225 g/mol. The Balaban J connectivity index is 2.15. The summed E-state index contributed by atoms with van der Waals surface area (Å²) in [6.45, 7) is 0. The van der Waals surface area contributed by atoms with E-state index in [2.05, 4.69) is 29.2 Å². The number of diazo groups is 1. The van der Waals surface area contributed by atoms with Gasteiger partial charge in [0, 0.05) is 6.42 Å². The molecule has 2 rings (SSSR count). The second-order valence-corrected chi connectivity index (χ2v) is 3.92. The van der Waals surface area contributed by atoms with Gasteiger partial charge >= 0.3 is 6.20 Å². The maximum Gasteiger partial charge on any atom is 0.387 e. The molecule has 0 aliphatic carbocycles. The van der Waals surface area contributed by atoms with Crippen molar-refractivity contribution in [1.82, 2.24) is 0 Å². The minimum absolute atomic E-state index is 0.0839. The second-order valence-electron chi connectivity index (χ2n) is 3.92. The van der Waals surface area contributed by atoms with Gasteiger partial charge in [-0.2, -0.15) is 0 Å². The van der Waals surface area contributed by atoms with Crippen molar-refractivity contribution in [3.05, 3.63) is 65.0 Å². The van der Waals surface area contributed by atoms with Gasteiger partial charge in [0.15, 0.2) is 10.7 Å². The summed E-state index contributed by atoms with van der Waals surface area (Å²) in [7, 11) is 0. The van der Waals surface area contributed by atoms with Crippen molar-refractivity contribution in [3.63, 3.8) is 0 Å². The molecule has 2 aromatic carbocycles. The number of benzene rings is 2. The molecule has 1 N–H and O–H groups in total. The third-order valence-electron chi connectivity index (χ3n) is 2.69. The van der Waals surface area contributed by atoms with Gasteiger partial charge in [0.1, 0.15) is 0 Å². The Hall–Kier alpha value is -2.34. The molecule has 0 saturated carbocycles. The Morgan fingerprint density at radius 3 is 2.71 bits per heavy atom. The SMILES string of the molecule is N#[N+]/C=C(/O)CCc1ccc2ccccc2c1. The molecule has 2 aromatic rings. The predicted octanol–water partition coefficient (Wildman–Crippen LogP) is 4.02. The predicted molar refractivity (Wildman–Crippen MR) is 68.1 cm³/mol. The van der Waals surface area contributed by atoms with E-state index in [4.69, 9.17) is 5.39 Å². The highest BCUT2D eigenvalue weighted by Crippen LogP contribution is 2.17. The highest BCUT2D eigenvalue weighted by atomic mass is 16.3. The number of nitrogens with zero attached hydrogens (tertiary/aromatic N) is 2. The molecular formula is C14H13N2O+. The Labute approximate surface area is 99.6 Å². The number of hydrogen-bond acceptors (Lipinski definition) is 2. The minimum Gasteiger partial charge on any atom is -0.505 e. The molecule has 0 aliphatic rings. The normalized spacial score (nSPS) is 11.4. The number of aliphatic hydroxyl groups is 1. The van der Waals surface area contributed by atoms with Crippen LogP contribution in [-0.2, 0) is 6.42 Å². The first-order valence-electron chi connectivity index (χ1n) is 5.49. The first kappa shape index (κ1) is 11.2. The molecule has 17 heavy (non-hydrogen) atoms. The standard InChI is InChI=1S/C14H12N2O/c15-16-10-14(17)8-6-11-5-7-12-3-1-2-4-13(12)9-11/h1-5,7,9-10H,6,8H2/p+1/b14-10+. The topological polar surface area (TPSA) is 48.4 Å². The zero-order valence-electron chi connectivity index (χ0n) is 9.37. The molecule has 0 saturated heterocycles. The van der Waals surface area contributed by atoms with E-state index in [0.717, 1.165) is 18.2 Å². The Morgan fingerprint density at radius 2 is 1.94 bits per heavy atom. The molecule has 84 valence electrons. The fourth-order valence-corrected chi connectivity index (χ4v) is 1.80. The molecule has 3 heteroatoms. The van der Waals surface area contributed by atoms with E-state index in [1.165, 1.54) is 10.8 Å². The van der Waals surface area contributed by atoms with Crippen molar-refractivity contribution in [2.24, 2.45) is 0 Å². The summed E-state index contributed by atoms with van der Waals surface area (Å²) in [6.07, 6.45) is 2.26. The number of aliphatic hydroxyl groups excluding tert-OH is 1. The fourth-order valence-electron chi connectivity index (χ4n) is 1.80. The molecule has 3 nitrogen and oxygen atoms in total. The van der Waals surface area contributed by atoms with E-state index < -0.39 is 0 Å². The first-order valence-corrected chi connectivity index (χ1v) is 5.49. The Kier molecular flexibility index (Phi) is 3.37. The lowest BCUT2D eigenvalue weighted by molar-refractivity contribution is 0.388. The maximum absolute atomic E-state index is 9.33. The van der Waals surface area contributed by atoms with Gasteiger partial charge in [-0.25, -0.2) is 0 Å². The smallest absolute Gasteiger partial charge is 0.387 e. The van der Waals surface area contributed by atoms with Gasteiger partial charge in [0.25, 0.3) is 0 Å². The van der Waals surface area contributed by atoms with E-state index in [-0.39, 0.29) is 5.76 Å². The maximum atomic E-state index is 9.33. The van der Waals surface area contributed by atoms with Crippen LogP contribution in [0.2, 0.25) is 0 Å². The summed E-state index contributed by atoms with van der Waals surface area (Å²) < 4.78 is 0. The van der Waals surface area contributed by atoms with Crippen molar-refractivity contribution in [2.45, 2.75) is 12.8 Å². The van der Waals surface area contributed by atoms with Gasteiger partial charge < -0.3 is 5.11 Å². The van der Waals surface area contributed by atoms with Crippen LogP contribution in [0.1, 0.15) is 12.0 Å². The molecule has 0 radical (unpaired) electrons.